The molecule has 0 aliphatic carbocycles. The highest BCUT2D eigenvalue weighted by atomic mass is 32.1. The molecule has 0 aliphatic heterocycles. The Hall–Kier alpha value is -2.15. The highest BCUT2D eigenvalue weighted by Gasteiger charge is 2.10. The summed E-state index contributed by atoms with van der Waals surface area (Å²) in [7, 11) is 0. The van der Waals surface area contributed by atoms with Gasteiger partial charge in [0.2, 0.25) is 11.8 Å². The van der Waals surface area contributed by atoms with Gasteiger partial charge >= 0.3 is 0 Å². The van der Waals surface area contributed by atoms with Gasteiger partial charge in [0.25, 0.3) is 0 Å². The third-order valence-electron chi connectivity index (χ3n) is 2.75. The smallest absolute Gasteiger partial charge is 0.245 e. The van der Waals surface area contributed by atoms with Crippen LogP contribution in [0.3, 0.4) is 0 Å². The predicted molar refractivity (Wildman–Crippen MR) is 79.4 cm³/mol. The van der Waals surface area contributed by atoms with Crippen LogP contribution in [0.2, 0.25) is 0 Å². The monoisotopic (exact) mass is 289 g/mol. The van der Waals surface area contributed by atoms with Crippen LogP contribution in [0.25, 0.3) is 11.2 Å². The third-order valence-corrected chi connectivity index (χ3v) is 3.69. The van der Waals surface area contributed by atoms with Crippen LogP contribution >= 0.6 is 11.3 Å². The largest absolute Gasteiger partial charge is 0.476 e. The van der Waals surface area contributed by atoms with E-state index in [4.69, 9.17) is 4.74 Å². The van der Waals surface area contributed by atoms with E-state index >= 15 is 0 Å². The molecule has 3 aromatic rings. The third kappa shape index (κ3) is 2.72. The van der Waals surface area contributed by atoms with Crippen LogP contribution < -0.4 is 10.1 Å². The number of aromatic amines is 1. The molecule has 20 heavy (non-hydrogen) atoms. The Bertz CT molecular complexity index is 679. The fourth-order valence-electron chi connectivity index (χ4n) is 1.85. The van der Waals surface area contributed by atoms with Gasteiger partial charge in [-0.15, -0.1) is 11.3 Å². The van der Waals surface area contributed by atoms with Crippen LogP contribution in [0.15, 0.2) is 23.8 Å². The van der Waals surface area contributed by atoms with Crippen LogP contribution in [0.4, 0.5) is 5.95 Å². The summed E-state index contributed by atoms with van der Waals surface area (Å²) >= 11 is 1.73. The molecule has 0 radical (unpaired) electrons. The summed E-state index contributed by atoms with van der Waals surface area (Å²) in [4.78, 5) is 17.1. The van der Waals surface area contributed by atoms with E-state index in [-0.39, 0.29) is 0 Å². The summed E-state index contributed by atoms with van der Waals surface area (Å²) in [6, 6.07) is 4.14. The average Bonchev–Trinajstić information content (AvgIpc) is 3.09. The molecule has 6 nitrogen and oxygen atoms in total. The van der Waals surface area contributed by atoms with Crippen molar-refractivity contribution in [3.05, 3.63) is 28.7 Å². The Kier molecular flexibility index (Phi) is 3.78. The molecule has 0 fully saturated rings. The lowest BCUT2D eigenvalue weighted by atomic mass is 10.4. The second kappa shape index (κ2) is 5.87. The zero-order valence-corrected chi connectivity index (χ0v) is 11.9. The molecule has 0 aromatic carbocycles. The normalized spacial score (nSPS) is 10.8. The van der Waals surface area contributed by atoms with Gasteiger partial charge in [0.05, 0.1) is 12.9 Å². The molecule has 0 atom stereocenters. The van der Waals surface area contributed by atoms with Crippen molar-refractivity contribution in [2.45, 2.75) is 13.3 Å². The summed E-state index contributed by atoms with van der Waals surface area (Å²) in [5.74, 6) is 1.08. The highest BCUT2D eigenvalue weighted by molar-refractivity contribution is 7.09. The number of nitrogens with zero attached hydrogens (tertiary/aromatic N) is 3. The van der Waals surface area contributed by atoms with Gasteiger partial charge in [-0.3, -0.25) is 0 Å². The minimum atomic E-state index is 0.540. The van der Waals surface area contributed by atoms with E-state index in [1.54, 1.807) is 17.7 Å². The molecular weight excluding hydrogens is 274 g/mol. The maximum atomic E-state index is 5.78. The molecule has 3 aromatic heterocycles. The van der Waals surface area contributed by atoms with Crippen molar-refractivity contribution < 1.29 is 4.74 Å². The summed E-state index contributed by atoms with van der Waals surface area (Å²) in [5.41, 5.74) is 1.35. The summed E-state index contributed by atoms with van der Waals surface area (Å²) < 4.78 is 5.78. The van der Waals surface area contributed by atoms with Gasteiger partial charge in [-0.25, -0.2) is 4.98 Å². The summed E-state index contributed by atoms with van der Waals surface area (Å²) in [6.07, 6.45) is 2.47. The van der Waals surface area contributed by atoms with Crippen molar-refractivity contribution in [2.24, 2.45) is 0 Å². The van der Waals surface area contributed by atoms with Gasteiger partial charge in [-0.1, -0.05) is 6.07 Å². The lowest BCUT2D eigenvalue weighted by Gasteiger charge is -2.07. The fraction of sp³-hybridized carbons (Fsp3) is 0.308. The van der Waals surface area contributed by atoms with Gasteiger partial charge in [0, 0.05) is 17.8 Å². The Morgan fingerprint density at radius 1 is 1.40 bits per heavy atom. The first-order valence-electron chi connectivity index (χ1n) is 6.47. The number of thiophene rings is 1. The van der Waals surface area contributed by atoms with Gasteiger partial charge in [0.15, 0.2) is 5.65 Å². The van der Waals surface area contributed by atoms with Crippen molar-refractivity contribution in [3.8, 4) is 5.88 Å². The molecular formula is C13H15N5OS. The Morgan fingerprint density at radius 2 is 2.35 bits per heavy atom. The lowest BCUT2D eigenvalue weighted by molar-refractivity contribution is 0.314. The van der Waals surface area contributed by atoms with Crippen LogP contribution in [0.1, 0.15) is 11.8 Å². The molecule has 0 saturated carbocycles. The summed E-state index contributed by atoms with van der Waals surface area (Å²) in [5, 5.41) is 5.15. The van der Waals surface area contributed by atoms with E-state index in [0.29, 0.717) is 24.1 Å². The van der Waals surface area contributed by atoms with Gasteiger partial charge in [-0.05, 0) is 18.4 Å². The number of fused-ring (bicyclic) bond motifs is 1. The zero-order chi connectivity index (χ0) is 13.8. The molecule has 0 amide bonds. The number of aromatic nitrogens is 4. The number of anilines is 1. The van der Waals surface area contributed by atoms with E-state index in [1.165, 1.54) is 4.88 Å². The lowest BCUT2D eigenvalue weighted by Crippen LogP contribution is -2.07. The van der Waals surface area contributed by atoms with Gasteiger partial charge in [-0.2, -0.15) is 9.97 Å². The molecule has 0 bridgehead atoms. The Balaban J connectivity index is 1.76. The van der Waals surface area contributed by atoms with Crippen LogP contribution in [0.5, 0.6) is 5.88 Å². The van der Waals surface area contributed by atoms with Crippen molar-refractivity contribution in [2.75, 3.05) is 18.5 Å². The van der Waals surface area contributed by atoms with Gasteiger partial charge < -0.3 is 15.0 Å². The van der Waals surface area contributed by atoms with Crippen LogP contribution in [-0.4, -0.2) is 33.1 Å². The van der Waals surface area contributed by atoms with Crippen LogP contribution in [0, 0.1) is 0 Å². The molecule has 3 heterocycles. The van der Waals surface area contributed by atoms with Crippen molar-refractivity contribution >= 4 is 28.4 Å². The minimum absolute atomic E-state index is 0.540. The first-order valence-corrected chi connectivity index (χ1v) is 7.35. The van der Waals surface area contributed by atoms with Crippen molar-refractivity contribution in [3.63, 3.8) is 0 Å². The number of hydrogen-bond acceptors (Lipinski definition) is 6. The topological polar surface area (TPSA) is 75.7 Å². The standard InChI is InChI=1S/C13H15N5OS/c1-2-14-13-17-11-10(15-8-16-11)12(18-13)19-6-5-9-4-3-7-20-9/h3-4,7-8H,2,5-6H2,1H3,(H2,14,15,16,17,18). The number of imidazole rings is 1. The second-order valence-electron chi connectivity index (χ2n) is 4.16. The quantitative estimate of drug-likeness (QED) is 0.729. The molecule has 0 saturated heterocycles. The number of hydrogen-bond donors (Lipinski definition) is 2. The molecule has 3 rings (SSSR count). The molecule has 104 valence electrons. The molecule has 0 aliphatic rings. The number of nitrogens with one attached hydrogen (secondary N) is 2. The van der Waals surface area contributed by atoms with Crippen molar-refractivity contribution in [1.29, 1.82) is 0 Å². The van der Waals surface area contributed by atoms with Gasteiger partial charge in [0.1, 0.15) is 5.52 Å². The maximum Gasteiger partial charge on any atom is 0.245 e. The minimum Gasteiger partial charge on any atom is -0.476 e. The zero-order valence-electron chi connectivity index (χ0n) is 11.1. The Labute approximate surface area is 120 Å². The summed E-state index contributed by atoms with van der Waals surface area (Å²) in [6.45, 7) is 3.33. The molecule has 7 heteroatoms. The maximum absolute atomic E-state index is 5.78. The number of ether oxygens (including phenoxy) is 1. The highest BCUT2D eigenvalue weighted by Crippen LogP contribution is 2.21. The van der Waals surface area contributed by atoms with E-state index in [0.717, 1.165) is 18.5 Å². The molecule has 0 unspecified atom stereocenters. The average molecular weight is 289 g/mol. The van der Waals surface area contributed by atoms with Crippen LogP contribution in [-0.2, 0) is 6.42 Å². The second-order valence-corrected chi connectivity index (χ2v) is 5.19. The van der Waals surface area contributed by atoms with E-state index < -0.39 is 0 Å². The van der Waals surface area contributed by atoms with E-state index in [9.17, 15) is 0 Å². The molecule has 0 spiro atoms. The van der Waals surface area contributed by atoms with Crippen molar-refractivity contribution in [1.82, 2.24) is 19.9 Å². The number of H-pyrrole nitrogens is 1. The van der Waals surface area contributed by atoms with E-state index in [2.05, 4.69) is 36.7 Å². The Morgan fingerprint density at radius 3 is 3.15 bits per heavy atom. The fourth-order valence-corrected chi connectivity index (χ4v) is 2.54. The predicted octanol–water partition coefficient (Wildman–Crippen LogP) is 2.47. The first-order chi connectivity index (χ1) is 9.86. The molecule has 2 N–H and O–H groups in total. The first kappa shape index (κ1) is 12.9. The van der Waals surface area contributed by atoms with E-state index in [1.807, 2.05) is 13.0 Å². The number of rotatable bonds is 6. The SMILES string of the molecule is CCNc1nc(OCCc2cccs2)c2[nH]cnc2n1.